The average Bonchev–Trinajstić information content (AvgIpc) is 3.28. The van der Waals surface area contributed by atoms with E-state index in [4.69, 9.17) is 22.1 Å². The Morgan fingerprint density at radius 1 is 1.26 bits per heavy atom. The molecule has 0 radical (unpaired) electrons. The van der Waals surface area contributed by atoms with Crippen molar-refractivity contribution in [3.63, 3.8) is 0 Å². The molecule has 4 rings (SSSR count). The zero-order chi connectivity index (χ0) is 22.5. The van der Waals surface area contributed by atoms with E-state index in [1.54, 1.807) is 11.7 Å². The summed E-state index contributed by atoms with van der Waals surface area (Å²) in [5.74, 6) is 0.778. The smallest absolute Gasteiger partial charge is 0.261 e. The highest BCUT2D eigenvalue weighted by molar-refractivity contribution is 6.31. The zero-order valence-corrected chi connectivity index (χ0v) is 19.2. The first-order valence-electron chi connectivity index (χ1n) is 10.8. The van der Waals surface area contributed by atoms with Crippen LogP contribution in [0, 0.1) is 17.7 Å². The summed E-state index contributed by atoms with van der Waals surface area (Å²) in [5.41, 5.74) is 7.64. The third-order valence-corrected chi connectivity index (χ3v) is 6.69. The Morgan fingerprint density at radius 2 is 1.90 bits per heavy atom. The van der Waals surface area contributed by atoms with Crippen LogP contribution in [0.5, 0.6) is 0 Å². The highest BCUT2D eigenvalue weighted by Gasteiger charge is 2.45. The van der Waals surface area contributed by atoms with Crippen LogP contribution >= 0.6 is 11.6 Å². The van der Waals surface area contributed by atoms with Crippen LogP contribution in [-0.4, -0.2) is 27.4 Å². The average molecular weight is 449 g/mol. The van der Waals surface area contributed by atoms with Crippen molar-refractivity contribution in [2.24, 2.45) is 18.9 Å². The van der Waals surface area contributed by atoms with Gasteiger partial charge >= 0.3 is 0 Å². The summed E-state index contributed by atoms with van der Waals surface area (Å²) in [6.45, 7) is 6.29. The van der Waals surface area contributed by atoms with Crippen molar-refractivity contribution in [2.75, 3.05) is 11.1 Å². The second kappa shape index (κ2) is 8.10. The van der Waals surface area contributed by atoms with E-state index in [0.29, 0.717) is 35.0 Å². The second-order valence-electron chi connectivity index (χ2n) is 9.86. The first-order chi connectivity index (χ1) is 14.5. The number of fused-ring (bicyclic) bond motifs is 1. The maximum absolute atomic E-state index is 13.4. The van der Waals surface area contributed by atoms with Crippen LogP contribution < -0.4 is 11.1 Å². The van der Waals surface area contributed by atoms with Crippen LogP contribution in [0.2, 0.25) is 5.02 Å². The van der Waals surface area contributed by atoms with E-state index in [9.17, 15) is 9.18 Å². The molecule has 6 nitrogen and oxygen atoms in total. The number of ether oxygens (including phenoxy) is 1. The summed E-state index contributed by atoms with van der Waals surface area (Å²) in [6.07, 6.45) is 4.37. The Balaban J connectivity index is 1.50. The minimum Gasteiger partial charge on any atom is -0.383 e. The van der Waals surface area contributed by atoms with E-state index in [2.05, 4.69) is 31.2 Å². The van der Waals surface area contributed by atoms with Gasteiger partial charge in [-0.1, -0.05) is 11.6 Å². The molecule has 1 aromatic carbocycles. The van der Waals surface area contributed by atoms with Gasteiger partial charge in [0, 0.05) is 18.7 Å². The van der Waals surface area contributed by atoms with E-state index < -0.39 is 5.82 Å². The quantitative estimate of drug-likeness (QED) is 0.678. The van der Waals surface area contributed by atoms with Gasteiger partial charge in [-0.2, -0.15) is 5.10 Å². The van der Waals surface area contributed by atoms with Crippen LogP contribution in [0.3, 0.4) is 0 Å². The molecule has 0 aliphatic heterocycles. The first-order valence-corrected chi connectivity index (χ1v) is 11.2. The molecule has 3 N–H and O–H groups in total. The molecule has 0 saturated heterocycles. The number of carbonyl (C=O) groups is 1. The molecule has 8 heteroatoms. The Bertz CT molecular complexity index is 986. The van der Waals surface area contributed by atoms with Gasteiger partial charge in [0.1, 0.15) is 17.2 Å². The van der Waals surface area contributed by atoms with Crippen molar-refractivity contribution < 1.29 is 13.9 Å². The molecule has 2 aliphatic rings. The van der Waals surface area contributed by atoms with Gasteiger partial charge < -0.3 is 15.8 Å². The Hall–Kier alpha value is -2.12. The van der Waals surface area contributed by atoms with E-state index in [1.165, 1.54) is 18.2 Å². The normalized spacial score (nSPS) is 25.6. The third kappa shape index (κ3) is 4.58. The summed E-state index contributed by atoms with van der Waals surface area (Å²) in [6, 6.07) is 4.08. The largest absolute Gasteiger partial charge is 0.383 e. The lowest BCUT2D eigenvalue weighted by molar-refractivity contribution is -0.0593. The molecule has 2 fully saturated rings. The minimum atomic E-state index is -0.535. The first kappa shape index (κ1) is 22.1. The van der Waals surface area contributed by atoms with Crippen LogP contribution in [-0.2, 0) is 11.8 Å². The maximum Gasteiger partial charge on any atom is 0.261 e. The van der Waals surface area contributed by atoms with Gasteiger partial charge in [0.25, 0.3) is 5.91 Å². The lowest BCUT2D eigenvalue weighted by Gasteiger charge is -2.25. The van der Waals surface area contributed by atoms with Crippen molar-refractivity contribution in [1.82, 2.24) is 9.78 Å². The Labute approximate surface area is 187 Å². The summed E-state index contributed by atoms with van der Waals surface area (Å²) >= 11 is 5.84. The lowest BCUT2D eigenvalue weighted by Crippen LogP contribution is -2.26. The standard InChI is InChI=1S/C23H30ClFN4O2/c1-23(2,3)31-16-9-12-7-14(8-13(12)10-16)20-19(21(26)29(4)28-20)22(30)27-15-5-6-18(25)17(24)11-15/h5-6,11-14,16H,7-10,26H2,1-4H3,(H,27,30). The molecule has 0 bridgehead atoms. The summed E-state index contributed by atoms with van der Waals surface area (Å²) in [4.78, 5) is 13.1. The molecule has 0 spiro atoms. The fourth-order valence-electron chi connectivity index (χ4n) is 5.22. The SMILES string of the molecule is Cn1nc(C2CC3CC(OC(C)(C)C)CC3C2)c(C(=O)Nc2ccc(F)c(Cl)c2)c1N. The van der Waals surface area contributed by atoms with Crippen LogP contribution in [0.25, 0.3) is 0 Å². The van der Waals surface area contributed by atoms with E-state index in [-0.39, 0.29) is 22.4 Å². The predicted octanol–water partition coefficient (Wildman–Crippen LogP) is 5.13. The molecule has 1 amide bonds. The number of hydrogen-bond donors (Lipinski definition) is 2. The van der Waals surface area contributed by atoms with Gasteiger partial charge in [0.05, 0.1) is 22.4 Å². The van der Waals surface area contributed by atoms with Gasteiger partial charge in [0.15, 0.2) is 0 Å². The summed E-state index contributed by atoms with van der Waals surface area (Å²) in [5, 5.41) is 7.34. The van der Waals surface area contributed by atoms with E-state index >= 15 is 0 Å². The highest BCUT2D eigenvalue weighted by Crippen LogP contribution is 2.52. The number of benzene rings is 1. The monoisotopic (exact) mass is 448 g/mol. The van der Waals surface area contributed by atoms with Crippen LogP contribution in [0.15, 0.2) is 18.2 Å². The highest BCUT2D eigenvalue weighted by atomic mass is 35.5. The second-order valence-corrected chi connectivity index (χ2v) is 10.3. The number of rotatable bonds is 4. The van der Waals surface area contributed by atoms with Crippen molar-refractivity contribution in [2.45, 2.75) is 64.1 Å². The van der Waals surface area contributed by atoms with Crippen molar-refractivity contribution >= 4 is 29.0 Å². The van der Waals surface area contributed by atoms with Gasteiger partial charge in [0.2, 0.25) is 0 Å². The number of hydrogen-bond acceptors (Lipinski definition) is 4. The molecule has 31 heavy (non-hydrogen) atoms. The molecule has 2 saturated carbocycles. The predicted molar refractivity (Wildman–Crippen MR) is 120 cm³/mol. The third-order valence-electron chi connectivity index (χ3n) is 6.40. The number of aromatic nitrogens is 2. The molecule has 2 aliphatic carbocycles. The van der Waals surface area contributed by atoms with Crippen LogP contribution in [0.4, 0.5) is 15.9 Å². The van der Waals surface area contributed by atoms with Crippen molar-refractivity contribution in [3.8, 4) is 0 Å². The van der Waals surface area contributed by atoms with Gasteiger partial charge in [-0.25, -0.2) is 4.39 Å². The number of halogens is 2. The summed E-state index contributed by atoms with van der Waals surface area (Å²) in [7, 11) is 1.74. The van der Waals surface area contributed by atoms with Crippen LogP contribution in [0.1, 0.15) is 68.4 Å². The van der Waals surface area contributed by atoms with Crippen molar-refractivity contribution in [1.29, 1.82) is 0 Å². The Kier molecular flexibility index (Phi) is 5.77. The van der Waals surface area contributed by atoms with E-state index in [0.717, 1.165) is 31.4 Å². The van der Waals surface area contributed by atoms with Crippen molar-refractivity contribution in [3.05, 3.63) is 40.3 Å². The summed E-state index contributed by atoms with van der Waals surface area (Å²) < 4.78 is 21.2. The molecule has 1 heterocycles. The number of carbonyl (C=O) groups excluding carboxylic acids is 1. The number of aryl methyl sites for hydroxylation is 1. The van der Waals surface area contributed by atoms with Gasteiger partial charge in [-0.15, -0.1) is 0 Å². The lowest BCUT2D eigenvalue weighted by atomic mass is 9.95. The molecule has 2 unspecified atom stereocenters. The number of nitrogens with one attached hydrogen (secondary N) is 1. The fraction of sp³-hybridized carbons (Fsp3) is 0.565. The molecule has 2 aromatic rings. The zero-order valence-electron chi connectivity index (χ0n) is 18.4. The molecule has 168 valence electrons. The number of nitrogens with two attached hydrogens (primary N) is 1. The molecular weight excluding hydrogens is 419 g/mol. The van der Waals surface area contributed by atoms with E-state index in [1.807, 2.05) is 0 Å². The number of anilines is 2. The number of amides is 1. The van der Waals surface area contributed by atoms with Gasteiger partial charge in [-0.3, -0.25) is 9.48 Å². The topological polar surface area (TPSA) is 82.2 Å². The minimum absolute atomic E-state index is 0.0483. The van der Waals surface area contributed by atoms with Gasteiger partial charge in [-0.05, 0) is 76.5 Å². The fourth-order valence-corrected chi connectivity index (χ4v) is 5.41. The molecule has 2 atom stereocenters. The molecular formula is C23H30ClFN4O2. The Morgan fingerprint density at radius 3 is 2.48 bits per heavy atom. The maximum atomic E-state index is 13.4. The molecule has 1 aromatic heterocycles. The number of nitrogens with zero attached hydrogens (tertiary/aromatic N) is 2. The number of nitrogen functional groups attached to an aromatic ring is 1.